The Kier molecular flexibility index (Phi) is 3.84. The van der Waals surface area contributed by atoms with Crippen molar-refractivity contribution in [2.24, 2.45) is 0 Å². The topological polar surface area (TPSA) is 27.1 Å². The van der Waals surface area contributed by atoms with E-state index < -0.39 is 0 Å². The second kappa shape index (κ2) is 5.36. The van der Waals surface area contributed by atoms with Gasteiger partial charge in [-0.25, -0.2) is 0 Å². The minimum absolute atomic E-state index is 0.177. The molecule has 90 valence electrons. The standard InChI is InChI=1S/C13H15BrN2O/c1-10(2)17-12-7-15-16(9-12)8-11-5-3-4-6-13(11)14/h3-7,9-10H,8H2,1-2H3. The first-order valence-corrected chi connectivity index (χ1v) is 6.37. The third kappa shape index (κ3) is 3.33. The number of benzene rings is 1. The van der Waals surface area contributed by atoms with Gasteiger partial charge in [-0.05, 0) is 25.5 Å². The van der Waals surface area contributed by atoms with Crippen LogP contribution >= 0.6 is 15.9 Å². The molecule has 1 aromatic heterocycles. The van der Waals surface area contributed by atoms with Gasteiger partial charge in [0.1, 0.15) is 0 Å². The summed E-state index contributed by atoms with van der Waals surface area (Å²) >= 11 is 3.53. The van der Waals surface area contributed by atoms with Gasteiger partial charge in [-0.3, -0.25) is 4.68 Å². The van der Waals surface area contributed by atoms with E-state index in [1.165, 1.54) is 5.56 Å². The molecule has 0 unspecified atom stereocenters. The van der Waals surface area contributed by atoms with Crippen molar-refractivity contribution < 1.29 is 4.74 Å². The zero-order chi connectivity index (χ0) is 12.3. The Balaban J connectivity index is 2.09. The summed E-state index contributed by atoms with van der Waals surface area (Å²) < 4.78 is 8.54. The maximum Gasteiger partial charge on any atom is 0.157 e. The largest absolute Gasteiger partial charge is 0.488 e. The highest BCUT2D eigenvalue weighted by atomic mass is 79.9. The van der Waals surface area contributed by atoms with E-state index in [4.69, 9.17) is 4.74 Å². The molecular formula is C13H15BrN2O. The third-order valence-corrected chi connectivity index (χ3v) is 3.05. The van der Waals surface area contributed by atoms with Crippen LogP contribution in [-0.2, 0) is 6.54 Å². The third-order valence-electron chi connectivity index (χ3n) is 2.27. The Labute approximate surface area is 110 Å². The fraction of sp³-hybridized carbons (Fsp3) is 0.308. The lowest BCUT2D eigenvalue weighted by atomic mass is 10.2. The number of rotatable bonds is 4. The zero-order valence-electron chi connectivity index (χ0n) is 9.93. The van der Waals surface area contributed by atoms with Gasteiger partial charge in [-0.2, -0.15) is 5.10 Å². The molecule has 17 heavy (non-hydrogen) atoms. The van der Waals surface area contributed by atoms with Gasteiger partial charge >= 0.3 is 0 Å². The van der Waals surface area contributed by atoms with E-state index >= 15 is 0 Å². The molecule has 0 radical (unpaired) electrons. The minimum Gasteiger partial charge on any atom is -0.488 e. The van der Waals surface area contributed by atoms with Crippen LogP contribution in [0.5, 0.6) is 5.75 Å². The summed E-state index contributed by atoms with van der Waals surface area (Å²) in [6, 6.07) is 8.14. The molecule has 0 saturated carbocycles. The fourth-order valence-electron chi connectivity index (χ4n) is 1.57. The van der Waals surface area contributed by atoms with Crippen molar-refractivity contribution in [3.63, 3.8) is 0 Å². The van der Waals surface area contributed by atoms with Crippen molar-refractivity contribution in [1.29, 1.82) is 0 Å². The van der Waals surface area contributed by atoms with Gasteiger partial charge < -0.3 is 4.74 Å². The Morgan fingerprint density at radius 1 is 1.35 bits per heavy atom. The van der Waals surface area contributed by atoms with Crippen LogP contribution in [-0.4, -0.2) is 15.9 Å². The second-order valence-corrected chi connectivity index (χ2v) is 4.99. The van der Waals surface area contributed by atoms with Crippen molar-refractivity contribution in [1.82, 2.24) is 9.78 Å². The van der Waals surface area contributed by atoms with E-state index in [9.17, 15) is 0 Å². The molecule has 0 bridgehead atoms. The van der Waals surface area contributed by atoms with E-state index in [-0.39, 0.29) is 6.10 Å². The summed E-state index contributed by atoms with van der Waals surface area (Å²) in [7, 11) is 0. The summed E-state index contributed by atoms with van der Waals surface area (Å²) in [5.74, 6) is 0.812. The normalized spacial score (nSPS) is 10.8. The number of aromatic nitrogens is 2. The molecule has 3 nitrogen and oxygen atoms in total. The van der Waals surface area contributed by atoms with Gasteiger partial charge in [0.25, 0.3) is 0 Å². The molecular weight excluding hydrogens is 280 g/mol. The average molecular weight is 295 g/mol. The molecule has 0 aliphatic heterocycles. The van der Waals surface area contributed by atoms with Gasteiger partial charge in [0.15, 0.2) is 5.75 Å². The molecule has 0 aliphatic rings. The minimum atomic E-state index is 0.177. The Hall–Kier alpha value is -1.29. The first-order valence-electron chi connectivity index (χ1n) is 5.57. The van der Waals surface area contributed by atoms with Crippen molar-refractivity contribution in [3.05, 3.63) is 46.7 Å². The van der Waals surface area contributed by atoms with Crippen molar-refractivity contribution >= 4 is 15.9 Å². The van der Waals surface area contributed by atoms with Gasteiger partial charge in [-0.15, -0.1) is 0 Å². The highest BCUT2D eigenvalue weighted by molar-refractivity contribution is 9.10. The number of nitrogens with zero attached hydrogens (tertiary/aromatic N) is 2. The highest BCUT2D eigenvalue weighted by Gasteiger charge is 2.04. The van der Waals surface area contributed by atoms with E-state index in [0.717, 1.165) is 16.8 Å². The molecule has 1 heterocycles. The van der Waals surface area contributed by atoms with Crippen LogP contribution < -0.4 is 4.74 Å². The molecule has 0 aliphatic carbocycles. The first-order chi connectivity index (χ1) is 8.15. The summed E-state index contributed by atoms with van der Waals surface area (Å²) in [6.07, 6.45) is 3.84. The Bertz CT molecular complexity index is 494. The maximum absolute atomic E-state index is 5.57. The second-order valence-electron chi connectivity index (χ2n) is 4.13. The van der Waals surface area contributed by atoms with Gasteiger partial charge in [0.2, 0.25) is 0 Å². The van der Waals surface area contributed by atoms with Crippen molar-refractivity contribution in [2.45, 2.75) is 26.5 Å². The molecule has 2 aromatic rings. The quantitative estimate of drug-likeness (QED) is 0.863. The molecule has 0 amide bonds. The van der Waals surface area contributed by atoms with Gasteiger partial charge in [-0.1, -0.05) is 34.1 Å². The van der Waals surface area contributed by atoms with Crippen molar-refractivity contribution in [3.8, 4) is 5.75 Å². The summed E-state index contributed by atoms with van der Waals surface area (Å²) in [5, 5.41) is 4.28. The molecule has 0 fully saturated rings. The predicted octanol–water partition coefficient (Wildman–Crippen LogP) is 3.48. The molecule has 0 N–H and O–H groups in total. The van der Waals surface area contributed by atoms with Crippen LogP contribution in [0.25, 0.3) is 0 Å². The monoisotopic (exact) mass is 294 g/mol. The molecule has 2 rings (SSSR count). The summed E-state index contributed by atoms with van der Waals surface area (Å²) in [4.78, 5) is 0. The van der Waals surface area contributed by atoms with Crippen LogP contribution in [0.15, 0.2) is 41.1 Å². The molecule has 1 aromatic carbocycles. The first kappa shape index (κ1) is 12.2. The van der Waals surface area contributed by atoms with E-state index in [1.807, 2.05) is 42.9 Å². The molecule has 0 saturated heterocycles. The van der Waals surface area contributed by atoms with E-state index in [0.29, 0.717) is 0 Å². The number of ether oxygens (including phenoxy) is 1. The van der Waals surface area contributed by atoms with Crippen LogP contribution in [0.3, 0.4) is 0 Å². The summed E-state index contributed by atoms with van der Waals surface area (Å²) in [5.41, 5.74) is 1.20. The van der Waals surface area contributed by atoms with Crippen LogP contribution in [0, 0.1) is 0 Å². The number of hydrogen-bond donors (Lipinski definition) is 0. The number of halogens is 1. The van der Waals surface area contributed by atoms with E-state index in [2.05, 4.69) is 27.1 Å². The van der Waals surface area contributed by atoms with Gasteiger partial charge in [0.05, 0.1) is 25.0 Å². The Morgan fingerprint density at radius 2 is 2.12 bits per heavy atom. The smallest absolute Gasteiger partial charge is 0.157 e. The lowest BCUT2D eigenvalue weighted by Gasteiger charge is -2.06. The maximum atomic E-state index is 5.57. The SMILES string of the molecule is CC(C)Oc1cnn(Cc2ccccc2Br)c1. The predicted molar refractivity (Wildman–Crippen MR) is 71.2 cm³/mol. The van der Waals surface area contributed by atoms with Crippen LogP contribution in [0.2, 0.25) is 0 Å². The summed E-state index contributed by atoms with van der Waals surface area (Å²) in [6.45, 7) is 4.75. The molecule has 0 atom stereocenters. The zero-order valence-corrected chi connectivity index (χ0v) is 11.5. The lowest BCUT2D eigenvalue weighted by molar-refractivity contribution is 0.242. The average Bonchev–Trinajstić information content (AvgIpc) is 2.68. The number of hydrogen-bond acceptors (Lipinski definition) is 2. The van der Waals surface area contributed by atoms with E-state index in [1.54, 1.807) is 6.20 Å². The Morgan fingerprint density at radius 3 is 2.82 bits per heavy atom. The van der Waals surface area contributed by atoms with Crippen LogP contribution in [0.4, 0.5) is 0 Å². The lowest BCUT2D eigenvalue weighted by Crippen LogP contribution is -2.05. The molecule has 0 spiro atoms. The van der Waals surface area contributed by atoms with Crippen LogP contribution in [0.1, 0.15) is 19.4 Å². The van der Waals surface area contributed by atoms with Crippen molar-refractivity contribution in [2.75, 3.05) is 0 Å². The highest BCUT2D eigenvalue weighted by Crippen LogP contribution is 2.18. The molecule has 4 heteroatoms. The van der Waals surface area contributed by atoms with Gasteiger partial charge in [0, 0.05) is 4.47 Å². The fourth-order valence-corrected chi connectivity index (χ4v) is 1.98.